The van der Waals surface area contributed by atoms with Crippen LogP contribution in [-0.2, 0) is 25.5 Å². The van der Waals surface area contributed by atoms with E-state index in [1.807, 2.05) is 30.3 Å². The number of carbonyl (C=O) groups excluding carboxylic acids is 3. The van der Waals surface area contributed by atoms with Gasteiger partial charge in [0.05, 0.1) is 18.2 Å². The molecule has 2 N–H and O–H groups in total. The van der Waals surface area contributed by atoms with Gasteiger partial charge in [-0.2, -0.15) is 0 Å². The first-order chi connectivity index (χ1) is 14.1. The summed E-state index contributed by atoms with van der Waals surface area (Å²) in [4.78, 5) is 41.0. The van der Waals surface area contributed by atoms with Crippen LogP contribution in [-0.4, -0.2) is 59.6 Å². The first kappa shape index (κ1) is 23.7. The van der Waals surface area contributed by atoms with Gasteiger partial charge in [0.15, 0.2) is 6.04 Å². The maximum Gasteiger partial charge on any atom is 0.408 e. The number of ether oxygens (including phenoxy) is 2. The van der Waals surface area contributed by atoms with Gasteiger partial charge in [0.2, 0.25) is 5.91 Å². The van der Waals surface area contributed by atoms with Gasteiger partial charge in [-0.1, -0.05) is 30.3 Å². The summed E-state index contributed by atoms with van der Waals surface area (Å²) < 4.78 is 9.98. The highest BCUT2D eigenvalue weighted by Crippen LogP contribution is 2.23. The fourth-order valence-electron chi connectivity index (χ4n) is 2.74. The van der Waals surface area contributed by atoms with Crippen molar-refractivity contribution in [2.75, 3.05) is 12.9 Å². The molecule has 0 aliphatic carbocycles. The molecule has 8 nitrogen and oxygen atoms in total. The van der Waals surface area contributed by atoms with E-state index in [0.717, 1.165) is 5.56 Å². The molecule has 0 aromatic heterocycles. The molecule has 1 aliphatic heterocycles. The highest BCUT2D eigenvalue weighted by molar-refractivity contribution is 8.14. The number of nitrogens with one attached hydrogen (secondary N) is 2. The summed E-state index contributed by atoms with van der Waals surface area (Å²) in [5.74, 6) is -0.302. The van der Waals surface area contributed by atoms with Crippen LogP contribution >= 0.6 is 11.8 Å². The molecule has 1 heterocycles. The second kappa shape index (κ2) is 10.5. The number of hydrogen-bond acceptors (Lipinski definition) is 7. The largest absolute Gasteiger partial charge is 0.467 e. The van der Waals surface area contributed by atoms with Crippen molar-refractivity contribution in [2.45, 2.75) is 57.8 Å². The minimum absolute atomic E-state index is 0.369. The van der Waals surface area contributed by atoms with Crippen LogP contribution in [0.15, 0.2) is 35.3 Å². The van der Waals surface area contributed by atoms with E-state index in [4.69, 9.17) is 9.47 Å². The molecule has 0 bridgehead atoms. The molecule has 0 saturated carbocycles. The molecular formula is C21H29N3O5S. The van der Waals surface area contributed by atoms with E-state index < -0.39 is 35.8 Å². The van der Waals surface area contributed by atoms with Crippen molar-refractivity contribution < 1.29 is 23.9 Å². The third kappa shape index (κ3) is 7.37. The minimum atomic E-state index is -0.804. The van der Waals surface area contributed by atoms with Gasteiger partial charge in [-0.05, 0) is 39.7 Å². The quantitative estimate of drug-likeness (QED) is 0.637. The van der Waals surface area contributed by atoms with E-state index >= 15 is 0 Å². The number of methoxy groups -OCH3 is 1. The third-order valence-electron chi connectivity index (χ3n) is 4.17. The fraction of sp³-hybridized carbons (Fsp3) is 0.524. The lowest BCUT2D eigenvalue weighted by Crippen LogP contribution is -2.51. The van der Waals surface area contributed by atoms with Crippen LogP contribution in [0.25, 0.3) is 0 Å². The molecule has 0 saturated heterocycles. The SMILES string of the molecule is COC(=O)[C@@H]1CSC([C@H](Cc2ccccc2)NC(=O)[C@H](C)NC(=O)OC(C)(C)C)=N1. The van der Waals surface area contributed by atoms with Crippen LogP contribution in [0.1, 0.15) is 33.3 Å². The summed E-state index contributed by atoms with van der Waals surface area (Å²) in [6.07, 6.45) is -0.158. The molecule has 0 radical (unpaired) electrons. The number of rotatable bonds is 7. The summed E-state index contributed by atoms with van der Waals surface area (Å²) in [6, 6.07) is 7.85. The number of hydrogen-bond donors (Lipinski definition) is 2. The molecule has 30 heavy (non-hydrogen) atoms. The zero-order valence-corrected chi connectivity index (χ0v) is 18.7. The van der Waals surface area contributed by atoms with Crippen molar-refractivity contribution in [1.29, 1.82) is 0 Å². The average molecular weight is 436 g/mol. The molecule has 164 valence electrons. The van der Waals surface area contributed by atoms with Crippen LogP contribution in [0.2, 0.25) is 0 Å². The Bertz CT molecular complexity index is 792. The second-order valence-electron chi connectivity index (χ2n) is 7.94. The van der Waals surface area contributed by atoms with Crippen molar-refractivity contribution in [1.82, 2.24) is 10.6 Å². The van der Waals surface area contributed by atoms with E-state index in [-0.39, 0.29) is 5.91 Å². The van der Waals surface area contributed by atoms with E-state index in [1.54, 1.807) is 27.7 Å². The second-order valence-corrected chi connectivity index (χ2v) is 8.98. The molecule has 9 heteroatoms. The number of carbonyl (C=O) groups is 3. The summed E-state index contributed by atoms with van der Waals surface area (Å²) in [5, 5.41) is 6.14. The van der Waals surface area contributed by atoms with E-state index in [2.05, 4.69) is 15.6 Å². The lowest BCUT2D eigenvalue weighted by Gasteiger charge is -2.24. The van der Waals surface area contributed by atoms with Gasteiger partial charge in [-0.3, -0.25) is 9.79 Å². The Morgan fingerprint density at radius 2 is 1.87 bits per heavy atom. The summed E-state index contributed by atoms with van der Waals surface area (Å²) >= 11 is 1.42. The number of esters is 1. The van der Waals surface area contributed by atoms with E-state index in [9.17, 15) is 14.4 Å². The minimum Gasteiger partial charge on any atom is -0.467 e. The zero-order valence-electron chi connectivity index (χ0n) is 17.9. The smallest absolute Gasteiger partial charge is 0.408 e. The number of benzene rings is 1. The first-order valence-electron chi connectivity index (χ1n) is 9.71. The van der Waals surface area contributed by atoms with Crippen molar-refractivity contribution in [2.24, 2.45) is 4.99 Å². The van der Waals surface area contributed by atoms with E-state index in [0.29, 0.717) is 17.2 Å². The van der Waals surface area contributed by atoms with Gasteiger partial charge in [-0.15, -0.1) is 11.8 Å². The Labute approximate surface area is 181 Å². The predicted octanol–water partition coefficient (Wildman–Crippen LogP) is 2.31. The topological polar surface area (TPSA) is 106 Å². The maximum absolute atomic E-state index is 12.7. The Morgan fingerprint density at radius 1 is 1.20 bits per heavy atom. The van der Waals surface area contributed by atoms with Gasteiger partial charge < -0.3 is 20.1 Å². The van der Waals surface area contributed by atoms with Crippen LogP contribution in [0.3, 0.4) is 0 Å². The van der Waals surface area contributed by atoms with Crippen LogP contribution < -0.4 is 10.6 Å². The molecule has 2 amide bonds. The van der Waals surface area contributed by atoms with Gasteiger partial charge in [0, 0.05) is 5.75 Å². The number of nitrogens with zero attached hydrogens (tertiary/aromatic N) is 1. The normalized spacial score (nSPS) is 18.0. The first-order valence-corrected chi connectivity index (χ1v) is 10.7. The van der Waals surface area contributed by atoms with Crippen molar-refractivity contribution in [3.8, 4) is 0 Å². The number of thioether (sulfide) groups is 1. The van der Waals surface area contributed by atoms with Crippen LogP contribution in [0.4, 0.5) is 4.79 Å². The number of amides is 2. The molecule has 1 aliphatic rings. The number of alkyl carbamates (subject to hydrolysis) is 1. The standard InChI is InChI=1S/C21H29N3O5S/c1-13(22-20(27)29-21(2,3)4)17(25)23-15(11-14-9-7-6-8-10-14)18-24-16(12-30-18)19(26)28-5/h6-10,13,15-16H,11-12H2,1-5H3,(H,22,27)(H,23,25)/t13-,15-,16-/m0/s1. The number of aliphatic imine (C=N–C) groups is 1. The fourth-order valence-corrected chi connectivity index (χ4v) is 3.82. The van der Waals surface area contributed by atoms with Gasteiger partial charge in [0.1, 0.15) is 11.6 Å². The van der Waals surface area contributed by atoms with Gasteiger partial charge in [0.25, 0.3) is 0 Å². The van der Waals surface area contributed by atoms with Crippen LogP contribution in [0.5, 0.6) is 0 Å². The summed E-state index contributed by atoms with van der Waals surface area (Å²) in [7, 11) is 1.33. The molecule has 3 atom stereocenters. The van der Waals surface area contributed by atoms with Crippen LogP contribution in [0, 0.1) is 0 Å². The Morgan fingerprint density at radius 3 is 2.47 bits per heavy atom. The average Bonchev–Trinajstić information content (AvgIpc) is 3.16. The Balaban J connectivity index is 2.10. The summed E-state index contributed by atoms with van der Waals surface area (Å²) in [6.45, 7) is 6.83. The monoisotopic (exact) mass is 435 g/mol. The molecule has 2 rings (SSSR count). The third-order valence-corrected chi connectivity index (χ3v) is 5.34. The predicted molar refractivity (Wildman–Crippen MR) is 117 cm³/mol. The van der Waals surface area contributed by atoms with E-state index in [1.165, 1.54) is 18.9 Å². The lowest BCUT2D eigenvalue weighted by atomic mass is 10.1. The Hall–Kier alpha value is -2.55. The zero-order chi connectivity index (χ0) is 22.3. The van der Waals surface area contributed by atoms with Crippen molar-refractivity contribution >= 4 is 34.8 Å². The molecule has 0 unspecified atom stereocenters. The van der Waals surface area contributed by atoms with Crippen molar-refractivity contribution in [3.63, 3.8) is 0 Å². The van der Waals surface area contributed by atoms with Gasteiger partial charge >= 0.3 is 12.1 Å². The molecule has 0 fully saturated rings. The molecule has 0 spiro atoms. The molecule has 1 aromatic rings. The highest BCUT2D eigenvalue weighted by atomic mass is 32.2. The van der Waals surface area contributed by atoms with Crippen molar-refractivity contribution in [3.05, 3.63) is 35.9 Å². The van der Waals surface area contributed by atoms with Gasteiger partial charge in [-0.25, -0.2) is 9.59 Å². The maximum atomic E-state index is 12.7. The Kier molecular flexibility index (Phi) is 8.28. The highest BCUT2D eigenvalue weighted by Gasteiger charge is 2.32. The lowest BCUT2D eigenvalue weighted by molar-refractivity contribution is -0.141. The molecule has 1 aromatic carbocycles. The molecular weight excluding hydrogens is 406 g/mol. The summed E-state index contributed by atoms with van der Waals surface area (Å²) in [5.41, 5.74) is 0.356.